The van der Waals surface area contributed by atoms with E-state index in [9.17, 15) is 0 Å². The number of hydrogen-bond acceptors (Lipinski definition) is 2. The average molecular weight is 265 g/mol. The Morgan fingerprint density at radius 3 is 2.43 bits per heavy atom. The first-order chi connectivity index (χ1) is 6.83. The molecule has 1 aliphatic rings. The summed E-state index contributed by atoms with van der Waals surface area (Å²) < 4.78 is 11.3. The Hall–Kier alpha value is 0.400. The molecule has 2 nitrogen and oxygen atoms in total. The number of rotatable bonds is 7. The third-order valence-corrected chi connectivity index (χ3v) is 3.76. The highest BCUT2D eigenvalue weighted by molar-refractivity contribution is 9.09. The first-order valence-electron chi connectivity index (χ1n) is 5.61. The summed E-state index contributed by atoms with van der Waals surface area (Å²) in [4.78, 5) is 0. The van der Waals surface area contributed by atoms with Gasteiger partial charge in [0.1, 0.15) is 0 Å². The Morgan fingerprint density at radius 2 is 1.86 bits per heavy atom. The second-order valence-corrected chi connectivity index (χ2v) is 4.55. The highest BCUT2D eigenvalue weighted by atomic mass is 79.9. The normalized spacial score (nSPS) is 20.1. The van der Waals surface area contributed by atoms with Crippen LogP contribution in [0, 0.1) is 0 Å². The second kappa shape index (κ2) is 6.81. The molecule has 1 saturated carbocycles. The maximum atomic E-state index is 5.91. The fourth-order valence-corrected chi connectivity index (χ4v) is 2.62. The zero-order valence-electron chi connectivity index (χ0n) is 9.06. The van der Waals surface area contributed by atoms with Crippen molar-refractivity contribution in [3.05, 3.63) is 0 Å². The van der Waals surface area contributed by atoms with E-state index in [2.05, 4.69) is 22.9 Å². The fraction of sp³-hybridized carbons (Fsp3) is 1.00. The third-order valence-electron chi connectivity index (χ3n) is 2.74. The van der Waals surface area contributed by atoms with Crippen molar-refractivity contribution in [2.75, 3.05) is 25.2 Å². The summed E-state index contributed by atoms with van der Waals surface area (Å²) in [5.41, 5.74) is 0.121. The van der Waals surface area contributed by atoms with Gasteiger partial charge in [-0.15, -0.1) is 0 Å². The van der Waals surface area contributed by atoms with Crippen molar-refractivity contribution in [2.24, 2.45) is 0 Å². The summed E-state index contributed by atoms with van der Waals surface area (Å²) >= 11 is 3.55. The van der Waals surface area contributed by atoms with Crippen LogP contribution in [0.5, 0.6) is 0 Å². The molecule has 0 radical (unpaired) electrons. The molecule has 84 valence electrons. The smallest absolute Gasteiger partial charge is 0.0780 e. The van der Waals surface area contributed by atoms with Crippen molar-refractivity contribution in [3.8, 4) is 0 Å². The van der Waals surface area contributed by atoms with Crippen LogP contribution in [-0.2, 0) is 9.47 Å². The quantitative estimate of drug-likeness (QED) is 0.520. The van der Waals surface area contributed by atoms with Gasteiger partial charge in [-0.1, -0.05) is 35.7 Å². The monoisotopic (exact) mass is 264 g/mol. The zero-order chi connectivity index (χ0) is 10.3. The van der Waals surface area contributed by atoms with Crippen LogP contribution in [0.15, 0.2) is 0 Å². The summed E-state index contributed by atoms with van der Waals surface area (Å²) in [6, 6.07) is 0. The van der Waals surface area contributed by atoms with E-state index in [0.717, 1.165) is 31.6 Å². The first-order valence-corrected chi connectivity index (χ1v) is 6.73. The fourth-order valence-electron chi connectivity index (χ4n) is 1.90. The summed E-state index contributed by atoms with van der Waals surface area (Å²) in [7, 11) is 0. The summed E-state index contributed by atoms with van der Waals surface area (Å²) in [5.74, 6) is 0. The molecule has 1 aliphatic carbocycles. The minimum atomic E-state index is 0.121. The minimum absolute atomic E-state index is 0.121. The molecule has 0 bridgehead atoms. The van der Waals surface area contributed by atoms with E-state index in [4.69, 9.17) is 9.47 Å². The zero-order valence-corrected chi connectivity index (χ0v) is 10.6. The van der Waals surface area contributed by atoms with Gasteiger partial charge in [0.25, 0.3) is 0 Å². The molecule has 0 aromatic carbocycles. The number of halogens is 1. The molecule has 0 amide bonds. The van der Waals surface area contributed by atoms with Gasteiger partial charge < -0.3 is 9.47 Å². The van der Waals surface area contributed by atoms with Crippen LogP contribution in [0.4, 0.5) is 0 Å². The predicted molar refractivity (Wildman–Crippen MR) is 62.1 cm³/mol. The van der Waals surface area contributed by atoms with Gasteiger partial charge in [0.15, 0.2) is 0 Å². The van der Waals surface area contributed by atoms with Crippen LogP contribution in [0.2, 0.25) is 0 Å². The summed E-state index contributed by atoms with van der Waals surface area (Å²) in [5, 5.41) is 0.966. The lowest BCUT2D eigenvalue weighted by molar-refractivity contribution is -0.0486. The Kier molecular flexibility index (Phi) is 6.06. The van der Waals surface area contributed by atoms with Gasteiger partial charge in [-0.2, -0.15) is 0 Å². The standard InChI is InChI=1S/C11H21BrO2/c1-2-7-13-8-9-14-11(10-12)5-3-4-6-11/h2-10H2,1H3. The largest absolute Gasteiger partial charge is 0.379 e. The third kappa shape index (κ3) is 3.87. The van der Waals surface area contributed by atoms with Crippen LogP contribution in [0.1, 0.15) is 39.0 Å². The molecule has 14 heavy (non-hydrogen) atoms. The maximum absolute atomic E-state index is 5.91. The molecular weight excluding hydrogens is 244 g/mol. The van der Waals surface area contributed by atoms with Gasteiger partial charge in [-0.05, 0) is 19.3 Å². The van der Waals surface area contributed by atoms with Gasteiger partial charge >= 0.3 is 0 Å². The van der Waals surface area contributed by atoms with Gasteiger partial charge in [-0.3, -0.25) is 0 Å². The lowest BCUT2D eigenvalue weighted by Crippen LogP contribution is -2.32. The van der Waals surface area contributed by atoms with Crippen molar-refractivity contribution in [1.82, 2.24) is 0 Å². The summed E-state index contributed by atoms with van der Waals surface area (Å²) in [6.45, 7) is 4.46. The lowest BCUT2D eigenvalue weighted by Gasteiger charge is -2.26. The van der Waals surface area contributed by atoms with Crippen LogP contribution in [0.25, 0.3) is 0 Å². The molecule has 0 unspecified atom stereocenters. The van der Waals surface area contributed by atoms with Gasteiger partial charge in [-0.25, -0.2) is 0 Å². The Morgan fingerprint density at radius 1 is 1.14 bits per heavy atom. The average Bonchev–Trinajstić information content (AvgIpc) is 2.67. The molecule has 0 saturated heterocycles. The number of alkyl halides is 1. The van der Waals surface area contributed by atoms with Gasteiger partial charge in [0.2, 0.25) is 0 Å². The minimum Gasteiger partial charge on any atom is -0.379 e. The molecule has 3 heteroatoms. The molecular formula is C11H21BrO2. The molecule has 1 rings (SSSR count). The van der Waals surface area contributed by atoms with Gasteiger partial charge in [0.05, 0.1) is 18.8 Å². The molecule has 0 heterocycles. The van der Waals surface area contributed by atoms with Crippen molar-refractivity contribution in [2.45, 2.75) is 44.6 Å². The molecule has 1 fully saturated rings. The van der Waals surface area contributed by atoms with Crippen LogP contribution in [0.3, 0.4) is 0 Å². The topological polar surface area (TPSA) is 18.5 Å². The Labute approximate surface area is 95.5 Å². The van der Waals surface area contributed by atoms with Crippen molar-refractivity contribution in [1.29, 1.82) is 0 Å². The van der Waals surface area contributed by atoms with Crippen molar-refractivity contribution < 1.29 is 9.47 Å². The van der Waals surface area contributed by atoms with E-state index in [1.54, 1.807) is 0 Å². The molecule has 0 N–H and O–H groups in total. The van der Waals surface area contributed by atoms with Crippen LogP contribution in [-0.4, -0.2) is 30.8 Å². The molecule has 0 aliphatic heterocycles. The highest BCUT2D eigenvalue weighted by Crippen LogP contribution is 2.34. The van der Waals surface area contributed by atoms with E-state index in [-0.39, 0.29) is 5.60 Å². The number of hydrogen-bond donors (Lipinski definition) is 0. The van der Waals surface area contributed by atoms with Crippen LogP contribution < -0.4 is 0 Å². The Bertz CT molecular complexity index is 144. The van der Waals surface area contributed by atoms with E-state index in [1.807, 2.05) is 0 Å². The highest BCUT2D eigenvalue weighted by Gasteiger charge is 2.33. The predicted octanol–water partition coefficient (Wildman–Crippen LogP) is 3.14. The first kappa shape index (κ1) is 12.5. The summed E-state index contributed by atoms with van der Waals surface area (Å²) in [6.07, 6.45) is 6.10. The molecule has 0 aromatic heterocycles. The van der Waals surface area contributed by atoms with E-state index in [1.165, 1.54) is 25.7 Å². The van der Waals surface area contributed by atoms with Crippen molar-refractivity contribution in [3.63, 3.8) is 0 Å². The van der Waals surface area contributed by atoms with E-state index in [0.29, 0.717) is 0 Å². The number of ether oxygens (including phenoxy) is 2. The van der Waals surface area contributed by atoms with Gasteiger partial charge in [0, 0.05) is 11.9 Å². The lowest BCUT2D eigenvalue weighted by atomic mass is 10.1. The SMILES string of the molecule is CCCOCCOC1(CBr)CCCC1. The molecule has 0 aromatic rings. The Balaban J connectivity index is 2.08. The molecule has 0 spiro atoms. The van der Waals surface area contributed by atoms with E-state index < -0.39 is 0 Å². The second-order valence-electron chi connectivity index (χ2n) is 3.98. The van der Waals surface area contributed by atoms with E-state index >= 15 is 0 Å². The van der Waals surface area contributed by atoms with Crippen molar-refractivity contribution >= 4 is 15.9 Å². The van der Waals surface area contributed by atoms with Crippen LogP contribution >= 0.6 is 15.9 Å². The molecule has 0 atom stereocenters. The maximum Gasteiger partial charge on any atom is 0.0780 e.